The fourth-order valence-electron chi connectivity index (χ4n) is 2.48. The maximum absolute atomic E-state index is 4.97. The Morgan fingerprint density at radius 2 is 1.04 bits per heavy atom. The molecule has 9 heteroatoms. The molecule has 2 rings (SSSR count). The van der Waals surface area contributed by atoms with Crippen LogP contribution in [0.1, 0.15) is 64.2 Å². The van der Waals surface area contributed by atoms with E-state index in [-0.39, 0.29) is 19.5 Å². The van der Waals surface area contributed by atoms with Gasteiger partial charge < -0.3 is 0 Å². The Hall–Kier alpha value is 0.443. The van der Waals surface area contributed by atoms with Crippen molar-refractivity contribution in [3.63, 3.8) is 0 Å². The van der Waals surface area contributed by atoms with Crippen molar-refractivity contribution in [2.75, 3.05) is 12.5 Å². The van der Waals surface area contributed by atoms with E-state index in [1.807, 2.05) is 12.5 Å². The molecule has 0 unspecified atom stereocenters. The van der Waals surface area contributed by atoms with E-state index < -0.39 is 0 Å². The van der Waals surface area contributed by atoms with Gasteiger partial charge in [-0.25, -0.2) is 0 Å². The molecule has 25 heavy (non-hydrogen) atoms. The van der Waals surface area contributed by atoms with E-state index in [0.717, 1.165) is 34.3 Å². The van der Waals surface area contributed by atoms with Gasteiger partial charge in [-0.15, -0.1) is 0 Å². The zero-order valence-electron chi connectivity index (χ0n) is 15.3. The minimum Gasteiger partial charge on any atom is -0.262 e. The second kappa shape index (κ2) is 16.6. The first kappa shape index (κ1) is 25.4. The molecule has 2 fully saturated rings. The SMILES string of the molecule is CSC(=S)NN=C1CCCCC1.CSC(=S)NN=C1CCCCC1.[Zn]. The average Bonchev–Trinajstić information content (AvgIpc) is 2.66. The molecule has 0 amide bonds. The number of nitrogens with one attached hydrogen (secondary N) is 2. The van der Waals surface area contributed by atoms with Crippen LogP contribution in [0.4, 0.5) is 0 Å². The molecular weight excluding hydrogens is 442 g/mol. The molecule has 0 aromatic heterocycles. The van der Waals surface area contributed by atoms with Crippen LogP contribution in [-0.4, -0.2) is 32.6 Å². The van der Waals surface area contributed by atoms with Crippen LogP contribution in [0.5, 0.6) is 0 Å². The normalized spacial score (nSPS) is 16.6. The number of nitrogens with zero attached hydrogens (tertiary/aromatic N) is 2. The Kier molecular flexibility index (Phi) is 16.9. The van der Waals surface area contributed by atoms with E-state index in [0.29, 0.717) is 0 Å². The van der Waals surface area contributed by atoms with Gasteiger partial charge in [0.05, 0.1) is 0 Å². The Morgan fingerprint density at radius 1 is 0.720 bits per heavy atom. The van der Waals surface area contributed by atoms with Gasteiger partial charge in [0.1, 0.15) is 0 Å². The molecule has 0 atom stereocenters. The Labute approximate surface area is 184 Å². The molecular formula is C16H28N4S4Zn. The molecule has 0 saturated heterocycles. The zero-order valence-corrected chi connectivity index (χ0v) is 21.5. The van der Waals surface area contributed by atoms with Crippen molar-refractivity contribution < 1.29 is 19.5 Å². The molecule has 2 aliphatic rings. The Balaban J connectivity index is 0.000000443. The summed E-state index contributed by atoms with van der Waals surface area (Å²) in [4.78, 5) is 0. The minimum absolute atomic E-state index is 0. The van der Waals surface area contributed by atoms with Crippen molar-refractivity contribution in [2.24, 2.45) is 10.2 Å². The third kappa shape index (κ3) is 13.3. The van der Waals surface area contributed by atoms with Crippen LogP contribution in [0.2, 0.25) is 0 Å². The molecule has 0 bridgehead atoms. The summed E-state index contributed by atoms with van der Waals surface area (Å²) in [5.74, 6) is 0. The molecule has 138 valence electrons. The summed E-state index contributed by atoms with van der Waals surface area (Å²) in [5, 5.41) is 8.52. The van der Waals surface area contributed by atoms with Crippen molar-refractivity contribution in [3.8, 4) is 0 Å². The first-order valence-corrected chi connectivity index (χ1v) is 11.7. The van der Waals surface area contributed by atoms with Crippen molar-refractivity contribution in [2.45, 2.75) is 64.2 Å². The summed E-state index contributed by atoms with van der Waals surface area (Å²) in [7, 11) is 0. The summed E-state index contributed by atoms with van der Waals surface area (Å²) < 4.78 is 1.51. The van der Waals surface area contributed by atoms with Crippen molar-refractivity contribution >= 4 is 68.0 Å². The Bertz CT molecular complexity index is 411. The van der Waals surface area contributed by atoms with Gasteiger partial charge in [0.2, 0.25) is 0 Å². The number of thiocarbonyl (C=S) groups is 2. The second-order valence-electron chi connectivity index (χ2n) is 5.68. The quantitative estimate of drug-likeness (QED) is 0.334. The van der Waals surface area contributed by atoms with Crippen molar-refractivity contribution in [3.05, 3.63) is 0 Å². The van der Waals surface area contributed by atoms with Gasteiger partial charge in [-0.1, -0.05) is 60.8 Å². The summed E-state index contributed by atoms with van der Waals surface area (Å²) in [6.45, 7) is 0. The summed E-state index contributed by atoms with van der Waals surface area (Å²) in [6, 6.07) is 0. The molecule has 4 nitrogen and oxygen atoms in total. The Morgan fingerprint density at radius 3 is 1.32 bits per heavy atom. The monoisotopic (exact) mass is 468 g/mol. The van der Waals surface area contributed by atoms with Gasteiger partial charge in [0.25, 0.3) is 0 Å². The third-order valence-electron chi connectivity index (χ3n) is 3.84. The van der Waals surface area contributed by atoms with E-state index >= 15 is 0 Å². The van der Waals surface area contributed by atoms with Gasteiger partial charge in [-0.2, -0.15) is 10.2 Å². The zero-order chi connectivity index (χ0) is 17.6. The van der Waals surface area contributed by atoms with Gasteiger partial charge >= 0.3 is 0 Å². The molecule has 2 N–H and O–H groups in total. The average molecular weight is 470 g/mol. The van der Waals surface area contributed by atoms with Gasteiger partial charge in [-0.05, 0) is 63.9 Å². The number of hydrogen-bond donors (Lipinski definition) is 2. The molecule has 0 radical (unpaired) electrons. The first-order chi connectivity index (χ1) is 11.7. The number of thioether (sulfide) groups is 2. The second-order valence-corrected chi connectivity index (χ2v) is 8.65. The fraction of sp³-hybridized carbons (Fsp3) is 0.750. The molecule has 2 saturated carbocycles. The number of rotatable bonds is 2. The molecule has 0 aliphatic heterocycles. The maximum atomic E-state index is 4.97. The number of hydrogen-bond acceptors (Lipinski definition) is 6. The van der Waals surface area contributed by atoms with Crippen LogP contribution in [0.3, 0.4) is 0 Å². The number of hydrazone groups is 2. The standard InChI is InChI=1S/2C8H14N2S2.Zn/c2*1-12-8(11)10-9-7-5-3-2-4-6-7;/h2*2-6H2,1H3,(H,10,11);. The van der Waals surface area contributed by atoms with Crippen LogP contribution >= 0.6 is 48.0 Å². The van der Waals surface area contributed by atoms with E-state index in [4.69, 9.17) is 24.4 Å². The topological polar surface area (TPSA) is 48.8 Å². The molecule has 2 aliphatic carbocycles. The van der Waals surface area contributed by atoms with Crippen molar-refractivity contribution in [1.82, 2.24) is 10.9 Å². The van der Waals surface area contributed by atoms with E-state index in [1.165, 1.54) is 73.5 Å². The molecule has 0 heterocycles. The fourth-order valence-corrected chi connectivity index (χ4v) is 2.85. The molecule has 0 aromatic carbocycles. The van der Waals surface area contributed by atoms with Crippen LogP contribution in [0.25, 0.3) is 0 Å². The third-order valence-corrected chi connectivity index (χ3v) is 5.95. The molecule has 0 spiro atoms. The summed E-state index contributed by atoms with van der Waals surface area (Å²) in [5.41, 5.74) is 8.32. The van der Waals surface area contributed by atoms with Gasteiger partial charge in [0, 0.05) is 30.9 Å². The smallest absolute Gasteiger partial charge is 0.153 e. The van der Waals surface area contributed by atoms with E-state index in [1.54, 1.807) is 0 Å². The summed E-state index contributed by atoms with van der Waals surface area (Å²) >= 11 is 13.0. The summed E-state index contributed by atoms with van der Waals surface area (Å²) in [6.07, 6.45) is 16.3. The predicted molar refractivity (Wildman–Crippen MR) is 120 cm³/mol. The maximum Gasteiger partial charge on any atom is 0.153 e. The van der Waals surface area contributed by atoms with Crippen LogP contribution < -0.4 is 10.9 Å². The van der Waals surface area contributed by atoms with Crippen LogP contribution in [0.15, 0.2) is 10.2 Å². The first-order valence-electron chi connectivity index (χ1n) is 8.44. The van der Waals surface area contributed by atoms with Gasteiger partial charge in [-0.3, -0.25) is 10.9 Å². The molecule has 0 aromatic rings. The van der Waals surface area contributed by atoms with Crippen molar-refractivity contribution in [1.29, 1.82) is 0 Å². The van der Waals surface area contributed by atoms with Crippen LogP contribution in [-0.2, 0) is 19.5 Å². The minimum atomic E-state index is 0. The van der Waals surface area contributed by atoms with Crippen LogP contribution in [0, 0.1) is 0 Å². The largest absolute Gasteiger partial charge is 0.262 e. The van der Waals surface area contributed by atoms with Gasteiger partial charge in [0.15, 0.2) is 8.64 Å². The van der Waals surface area contributed by atoms with E-state index in [2.05, 4.69) is 21.1 Å². The van der Waals surface area contributed by atoms with E-state index in [9.17, 15) is 0 Å². The predicted octanol–water partition coefficient (Wildman–Crippen LogP) is 5.09.